The molecule has 0 spiro atoms. The average Bonchev–Trinajstić information content (AvgIpc) is 3.52. The maximum absolute atomic E-state index is 14.7. The van der Waals surface area contributed by atoms with E-state index in [0.717, 1.165) is 36.7 Å². The predicted molar refractivity (Wildman–Crippen MR) is 131 cm³/mol. The fourth-order valence-corrected chi connectivity index (χ4v) is 5.20. The second-order valence-electron chi connectivity index (χ2n) is 9.48. The number of methoxy groups -OCH3 is 2. The van der Waals surface area contributed by atoms with Crippen molar-refractivity contribution >= 4 is 5.97 Å². The molecule has 7 nitrogen and oxygen atoms in total. The van der Waals surface area contributed by atoms with Gasteiger partial charge < -0.3 is 23.9 Å². The summed E-state index contributed by atoms with van der Waals surface area (Å²) in [4.78, 5) is 16.4. The number of alkyl halides is 3. The Morgan fingerprint density at radius 3 is 2.32 bits per heavy atom. The predicted octanol–water partition coefficient (Wildman–Crippen LogP) is 6.04. The van der Waals surface area contributed by atoms with Crippen LogP contribution in [0.15, 0.2) is 30.5 Å². The molecule has 0 aliphatic heterocycles. The van der Waals surface area contributed by atoms with E-state index in [4.69, 9.17) is 14.2 Å². The van der Waals surface area contributed by atoms with Gasteiger partial charge in [-0.2, -0.15) is 13.2 Å². The van der Waals surface area contributed by atoms with Gasteiger partial charge in [-0.25, -0.2) is 4.98 Å². The fraction of sp³-hybridized carbons (Fsp3) is 0.630. The van der Waals surface area contributed by atoms with Crippen molar-refractivity contribution in [3.05, 3.63) is 53.1 Å². The summed E-state index contributed by atoms with van der Waals surface area (Å²) in [5.41, 5.74) is 0.680. The molecular formula is C27H37F3N2O5. The number of hydrogen-bond acceptors (Lipinski definition) is 5. The lowest BCUT2D eigenvalue weighted by atomic mass is 9.84. The topological polar surface area (TPSA) is 82.8 Å². The highest BCUT2D eigenvalue weighted by molar-refractivity contribution is 5.76. The van der Waals surface area contributed by atoms with Gasteiger partial charge in [-0.1, -0.05) is 50.5 Å². The highest BCUT2D eigenvalue weighted by Gasteiger charge is 2.45. The molecule has 1 N–H and O–H groups in total. The van der Waals surface area contributed by atoms with Gasteiger partial charge >= 0.3 is 12.1 Å². The first-order valence-corrected chi connectivity index (χ1v) is 12.8. The Bertz CT molecular complexity index is 987. The molecule has 1 aliphatic carbocycles. The lowest BCUT2D eigenvalue weighted by Crippen LogP contribution is -2.31. The largest absolute Gasteiger partial charge is 0.481 e. The van der Waals surface area contributed by atoms with Crippen LogP contribution in [0.3, 0.4) is 0 Å². The first kappa shape index (κ1) is 29.1. The van der Waals surface area contributed by atoms with E-state index in [0.29, 0.717) is 18.4 Å². The van der Waals surface area contributed by atoms with Gasteiger partial charge in [0.2, 0.25) is 6.29 Å². The molecule has 3 unspecified atom stereocenters. The second kappa shape index (κ2) is 13.4. The number of carboxylic acids is 1. The Balaban J connectivity index is 2.04. The normalized spacial score (nSPS) is 17.1. The molecule has 0 saturated heterocycles. The van der Waals surface area contributed by atoms with Crippen molar-refractivity contribution in [2.24, 2.45) is 5.92 Å². The summed E-state index contributed by atoms with van der Waals surface area (Å²) in [7, 11) is 2.87. The summed E-state index contributed by atoms with van der Waals surface area (Å²) in [6.07, 6.45) is 1.04. The standard InChI is InChI=1S/C27H37F3N2O5/c1-4-5-10-22-31-17-21(26(36-3)37-16-15-35-2)32(22)24(27(28,29)30)20-13-11-19(12-14-20)23(25(33)34)18-8-6-7-9-18/h11-14,17-18,23-24,26H,4-10,15-16H2,1-3H3,(H,33,34). The van der Waals surface area contributed by atoms with Crippen LogP contribution in [-0.2, 0) is 25.4 Å². The number of nitrogens with zero attached hydrogens (tertiary/aromatic N) is 2. The minimum atomic E-state index is -4.65. The Morgan fingerprint density at radius 1 is 1.14 bits per heavy atom. The Hall–Kier alpha value is -2.43. The minimum Gasteiger partial charge on any atom is -0.481 e. The molecule has 0 amide bonds. The highest BCUT2D eigenvalue weighted by atomic mass is 19.4. The Morgan fingerprint density at radius 2 is 1.78 bits per heavy atom. The van der Waals surface area contributed by atoms with Crippen LogP contribution < -0.4 is 0 Å². The number of aromatic nitrogens is 2. The van der Waals surface area contributed by atoms with Crippen LogP contribution in [-0.4, -0.2) is 54.2 Å². The molecule has 1 aliphatic rings. The van der Waals surface area contributed by atoms with Crippen LogP contribution >= 0.6 is 0 Å². The van der Waals surface area contributed by atoms with Gasteiger partial charge in [0.15, 0.2) is 6.04 Å². The number of ether oxygens (including phenoxy) is 3. The van der Waals surface area contributed by atoms with Gasteiger partial charge in [0, 0.05) is 20.6 Å². The molecule has 1 aromatic heterocycles. The molecule has 0 bridgehead atoms. The van der Waals surface area contributed by atoms with Crippen LogP contribution in [0.4, 0.5) is 13.2 Å². The summed E-state index contributed by atoms with van der Waals surface area (Å²) in [6.45, 7) is 2.35. The van der Waals surface area contributed by atoms with Crippen molar-refractivity contribution in [1.82, 2.24) is 9.55 Å². The van der Waals surface area contributed by atoms with E-state index in [9.17, 15) is 23.1 Å². The number of halogens is 3. The summed E-state index contributed by atoms with van der Waals surface area (Å²) in [5.74, 6) is -1.39. The van der Waals surface area contributed by atoms with Crippen molar-refractivity contribution in [1.29, 1.82) is 0 Å². The zero-order valence-electron chi connectivity index (χ0n) is 21.7. The first-order valence-electron chi connectivity index (χ1n) is 12.8. The summed E-state index contributed by atoms with van der Waals surface area (Å²) < 4.78 is 61.4. The maximum atomic E-state index is 14.7. The van der Waals surface area contributed by atoms with Gasteiger partial charge in [0.05, 0.1) is 31.0 Å². The SMILES string of the molecule is CCCCc1ncc(C(OC)OCCOC)n1C(c1ccc(C(C(=O)O)C2CCCC2)cc1)C(F)(F)F. The Labute approximate surface area is 215 Å². The molecule has 1 saturated carbocycles. The average molecular weight is 527 g/mol. The molecule has 0 radical (unpaired) electrons. The van der Waals surface area contributed by atoms with Crippen molar-refractivity contribution in [2.45, 2.75) is 76.3 Å². The van der Waals surface area contributed by atoms with Crippen LogP contribution in [0.25, 0.3) is 0 Å². The number of benzene rings is 1. The van der Waals surface area contributed by atoms with Crippen molar-refractivity contribution in [3.8, 4) is 0 Å². The number of hydrogen-bond donors (Lipinski definition) is 1. The number of unbranched alkanes of at least 4 members (excludes halogenated alkanes) is 1. The fourth-order valence-electron chi connectivity index (χ4n) is 5.20. The third-order valence-corrected chi connectivity index (χ3v) is 6.99. The molecule has 1 aromatic carbocycles. The maximum Gasteiger partial charge on any atom is 0.413 e. The summed E-state index contributed by atoms with van der Waals surface area (Å²) in [6, 6.07) is 3.79. The van der Waals surface area contributed by atoms with Crippen LogP contribution in [0.2, 0.25) is 0 Å². The Kier molecular flexibility index (Phi) is 10.5. The molecule has 1 fully saturated rings. The van der Waals surface area contributed by atoms with Crippen molar-refractivity contribution in [2.75, 3.05) is 27.4 Å². The number of carboxylic acid groups (broad SMARTS) is 1. The molecule has 37 heavy (non-hydrogen) atoms. The highest BCUT2D eigenvalue weighted by Crippen LogP contribution is 2.42. The van der Waals surface area contributed by atoms with E-state index in [1.54, 1.807) is 0 Å². The summed E-state index contributed by atoms with van der Waals surface area (Å²) >= 11 is 0. The molecular weight excluding hydrogens is 489 g/mol. The van der Waals surface area contributed by atoms with E-state index in [-0.39, 0.29) is 36.2 Å². The molecule has 3 rings (SSSR count). The smallest absolute Gasteiger partial charge is 0.413 e. The lowest BCUT2D eigenvalue weighted by molar-refractivity contribution is -0.166. The van der Waals surface area contributed by atoms with Gasteiger partial charge in [0.1, 0.15) is 5.82 Å². The van der Waals surface area contributed by atoms with Crippen molar-refractivity contribution in [3.63, 3.8) is 0 Å². The number of rotatable bonds is 14. The van der Waals surface area contributed by atoms with Gasteiger partial charge in [-0.15, -0.1) is 0 Å². The van der Waals surface area contributed by atoms with Crippen LogP contribution in [0.1, 0.15) is 86.3 Å². The third kappa shape index (κ3) is 7.12. The molecule has 10 heteroatoms. The zero-order valence-corrected chi connectivity index (χ0v) is 21.7. The molecule has 1 heterocycles. The van der Waals surface area contributed by atoms with E-state index in [1.807, 2.05) is 6.92 Å². The van der Waals surface area contributed by atoms with Gasteiger partial charge in [0.25, 0.3) is 0 Å². The summed E-state index contributed by atoms with van der Waals surface area (Å²) in [5, 5.41) is 9.85. The number of aliphatic carboxylic acids is 1. The van der Waals surface area contributed by atoms with Gasteiger partial charge in [-0.3, -0.25) is 4.79 Å². The zero-order chi connectivity index (χ0) is 27.0. The minimum absolute atomic E-state index is 0.00412. The third-order valence-electron chi connectivity index (χ3n) is 6.99. The van der Waals surface area contributed by atoms with Crippen LogP contribution in [0, 0.1) is 5.92 Å². The first-order chi connectivity index (χ1) is 17.7. The number of carbonyl (C=O) groups is 1. The molecule has 2 aromatic rings. The van der Waals surface area contributed by atoms with Gasteiger partial charge in [-0.05, 0) is 36.3 Å². The lowest BCUT2D eigenvalue weighted by Gasteiger charge is -2.28. The van der Waals surface area contributed by atoms with E-state index in [1.165, 1.54) is 44.7 Å². The van der Waals surface area contributed by atoms with E-state index in [2.05, 4.69) is 4.98 Å². The monoisotopic (exact) mass is 526 g/mol. The second-order valence-corrected chi connectivity index (χ2v) is 9.48. The quantitative estimate of drug-likeness (QED) is 0.239. The number of imidazole rings is 1. The molecule has 206 valence electrons. The van der Waals surface area contributed by atoms with E-state index < -0.39 is 30.4 Å². The van der Waals surface area contributed by atoms with Crippen molar-refractivity contribution < 1.29 is 37.3 Å². The number of aryl methyl sites for hydroxylation is 1. The van der Waals surface area contributed by atoms with E-state index >= 15 is 0 Å². The van der Waals surface area contributed by atoms with Crippen LogP contribution in [0.5, 0.6) is 0 Å². The molecule has 3 atom stereocenters.